The minimum Gasteiger partial charge on any atom is -0.399 e. The van der Waals surface area contributed by atoms with Crippen LogP contribution in [-0.4, -0.2) is 25.2 Å². The molecule has 0 saturated heterocycles. The Morgan fingerprint density at radius 2 is 1.93 bits per heavy atom. The number of benzene rings is 1. The maximum absolute atomic E-state index is 5.62. The van der Waals surface area contributed by atoms with Gasteiger partial charge >= 0.3 is 0 Å². The fraction of sp³-hybridized carbons (Fsp3) is 0.500. The van der Waals surface area contributed by atoms with Crippen LogP contribution in [0.1, 0.15) is 12.0 Å². The Morgan fingerprint density at radius 3 is 2.60 bits per heavy atom. The van der Waals surface area contributed by atoms with E-state index in [1.165, 1.54) is 17.7 Å². The molecular weight excluding hydrogens is 206 g/mol. The van der Waals surface area contributed by atoms with E-state index in [1.54, 1.807) is 7.11 Å². The van der Waals surface area contributed by atoms with Crippen LogP contribution in [0.5, 0.6) is 0 Å². The quantitative estimate of drug-likeness (QED) is 0.572. The van der Waals surface area contributed by atoms with E-state index >= 15 is 0 Å². The van der Waals surface area contributed by atoms with Crippen LogP contribution in [0.25, 0.3) is 0 Å². The van der Waals surface area contributed by atoms with Crippen LogP contribution in [-0.2, 0) is 11.2 Å². The normalized spacial score (nSPS) is 10.5. The zero-order valence-corrected chi connectivity index (χ0v) is 10.1. The largest absolute Gasteiger partial charge is 0.399 e. The van der Waals surface area contributed by atoms with Crippen molar-refractivity contribution in [1.29, 1.82) is 0 Å². The molecule has 0 fully saturated rings. The first-order valence-corrected chi connectivity index (χ1v) is 6.39. The molecule has 15 heavy (non-hydrogen) atoms. The molecule has 0 amide bonds. The predicted molar refractivity (Wildman–Crippen MR) is 68.4 cm³/mol. The van der Waals surface area contributed by atoms with E-state index in [2.05, 4.69) is 12.1 Å². The summed E-state index contributed by atoms with van der Waals surface area (Å²) >= 11 is 1.95. The highest BCUT2D eigenvalue weighted by molar-refractivity contribution is 7.99. The van der Waals surface area contributed by atoms with Gasteiger partial charge in [0, 0.05) is 18.6 Å². The Bertz CT molecular complexity index is 261. The minimum absolute atomic E-state index is 0.841. The van der Waals surface area contributed by atoms with E-state index < -0.39 is 0 Å². The molecular formula is C12H19NOS. The molecule has 1 aromatic carbocycles. The van der Waals surface area contributed by atoms with Crippen LogP contribution in [0.4, 0.5) is 5.69 Å². The Morgan fingerprint density at radius 1 is 1.20 bits per heavy atom. The van der Waals surface area contributed by atoms with Gasteiger partial charge in [-0.3, -0.25) is 0 Å². The van der Waals surface area contributed by atoms with Gasteiger partial charge in [-0.15, -0.1) is 0 Å². The summed E-state index contributed by atoms with van der Waals surface area (Å²) in [5.41, 5.74) is 7.83. The Hall–Kier alpha value is -0.670. The summed E-state index contributed by atoms with van der Waals surface area (Å²) in [4.78, 5) is 0. The molecule has 84 valence electrons. The molecule has 1 rings (SSSR count). The molecule has 2 nitrogen and oxygen atoms in total. The molecule has 2 N–H and O–H groups in total. The fourth-order valence-electron chi connectivity index (χ4n) is 1.31. The lowest BCUT2D eigenvalue weighted by Gasteiger charge is -2.02. The van der Waals surface area contributed by atoms with E-state index in [-0.39, 0.29) is 0 Å². The third-order valence-corrected chi connectivity index (χ3v) is 3.20. The molecule has 0 bridgehead atoms. The van der Waals surface area contributed by atoms with Gasteiger partial charge in [0.25, 0.3) is 0 Å². The third kappa shape index (κ3) is 5.70. The molecule has 0 aliphatic carbocycles. The van der Waals surface area contributed by atoms with Crippen molar-refractivity contribution in [3.63, 3.8) is 0 Å². The summed E-state index contributed by atoms with van der Waals surface area (Å²) in [5.74, 6) is 2.30. The number of anilines is 1. The van der Waals surface area contributed by atoms with Crippen molar-refractivity contribution in [2.45, 2.75) is 12.8 Å². The van der Waals surface area contributed by atoms with Crippen LogP contribution >= 0.6 is 11.8 Å². The third-order valence-electron chi connectivity index (χ3n) is 2.17. The SMILES string of the molecule is COCCSCCCc1ccc(N)cc1. The van der Waals surface area contributed by atoms with E-state index in [9.17, 15) is 0 Å². The van der Waals surface area contributed by atoms with Crippen molar-refractivity contribution < 1.29 is 4.74 Å². The van der Waals surface area contributed by atoms with Gasteiger partial charge in [-0.2, -0.15) is 11.8 Å². The monoisotopic (exact) mass is 225 g/mol. The Kier molecular flexibility index (Phi) is 6.28. The number of nitrogens with two attached hydrogens (primary N) is 1. The number of methoxy groups -OCH3 is 1. The van der Waals surface area contributed by atoms with Crippen LogP contribution < -0.4 is 5.73 Å². The molecule has 0 atom stereocenters. The van der Waals surface area contributed by atoms with Gasteiger partial charge in [0.2, 0.25) is 0 Å². The first kappa shape index (κ1) is 12.4. The highest BCUT2D eigenvalue weighted by atomic mass is 32.2. The smallest absolute Gasteiger partial charge is 0.0552 e. The number of rotatable bonds is 7. The second-order valence-electron chi connectivity index (χ2n) is 3.45. The topological polar surface area (TPSA) is 35.2 Å². The predicted octanol–water partition coefficient (Wildman–Crippen LogP) is 2.58. The molecule has 0 unspecified atom stereocenters. The maximum atomic E-state index is 5.62. The van der Waals surface area contributed by atoms with Crippen molar-refractivity contribution in [1.82, 2.24) is 0 Å². The van der Waals surface area contributed by atoms with E-state index in [1.807, 2.05) is 23.9 Å². The molecule has 0 aliphatic heterocycles. The highest BCUT2D eigenvalue weighted by Crippen LogP contribution is 2.10. The van der Waals surface area contributed by atoms with Gasteiger partial charge in [-0.25, -0.2) is 0 Å². The fourth-order valence-corrected chi connectivity index (χ4v) is 2.14. The number of hydrogen-bond donors (Lipinski definition) is 1. The molecule has 0 radical (unpaired) electrons. The summed E-state index contributed by atoms with van der Waals surface area (Å²) in [5, 5.41) is 0. The van der Waals surface area contributed by atoms with Gasteiger partial charge in [0.1, 0.15) is 0 Å². The van der Waals surface area contributed by atoms with Crippen molar-refractivity contribution in [3.8, 4) is 0 Å². The summed E-state index contributed by atoms with van der Waals surface area (Å²) in [6.45, 7) is 0.854. The first-order chi connectivity index (χ1) is 7.33. The van der Waals surface area contributed by atoms with E-state index in [4.69, 9.17) is 10.5 Å². The molecule has 0 aliphatic rings. The van der Waals surface area contributed by atoms with Crippen molar-refractivity contribution >= 4 is 17.4 Å². The zero-order valence-electron chi connectivity index (χ0n) is 9.24. The molecule has 0 aromatic heterocycles. The average Bonchev–Trinajstić information content (AvgIpc) is 2.26. The second-order valence-corrected chi connectivity index (χ2v) is 4.68. The lowest BCUT2D eigenvalue weighted by Crippen LogP contribution is -1.94. The van der Waals surface area contributed by atoms with Crippen molar-refractivity contribution in [3.05, 3.63) is 29.8 Å². The lowest BCUT2D eigenvalue weighted by atomic mass is 10.1. The van der Waals surface area contributed by atoms with Gasteiger partial charge in [-0.1, -0.05) is 12.1 Å². The summed E-state index contributed by atoms with van der Waals surface area (Å²) in [6.07, 6.45) is 2.36. The van der Waals surface area contributed by atoms with E-state index in [0.717, 1.165) is 24.5 Å². The summed E-state index contributed by atoms with van der Waals surface area (Å²) in [7, 11) is 1.74. The molecule has 0 saturated carbocycles. The number of nitrogen functional groups attached to an aromatic ring is 1. The minimum atomic E-state index is 0.841. The summed E-state index contributed by atoms with van der Waals surface area (Å²) in [6, 6.07) is 8.14. The molecule has 3 heteroatoms. The number of thioether (sulfide) groups is 1. The Balaban J connectivity index is 2.07. The van der Waals surface area contributed by atoms with Crippen LogP contribution in [0.3, 0.4) is 0 Å². The number of aryl methyl sites for hydroxylation is 1. The molecule has 0 spiro atoms. The van der Waals surface area contributed by atoms with Crippen molar-refractivity contribution in [2.24, 2.45) is 0 Å². The average molecular weight is 225 g/mol. The number of hydrogen-bond acceptors (Lipinski definition) is 3. The van der Waals surface area contributed by atoms with Gasteiger partial charge in [-0.05, 0) is 36.3 Å². The molecule has 0 heterocycles. The zero-order chi connectivity index (χ0) is 10.9. The maximum Gasteiger partial charge on any atom is 0.0552 e. The second kappa shape index (κ2) is 7.60. The van der Waals surface area contributed by atoms with Gasteiger partial charge in [0.05, 0.1) is 6.61 Å². The van der Waals surface area contributed by atoms with Crippen LogP contribution in [0, 0.1) is 0 Å². The number of ether oxygens (including phenoxy) is 1. The van der Waals surface area contributed by atoms with Gasteiger partial charge in [0.15, 0.2) is 0 Å². The van der Waals surface area contributed by atoms with Crippen molar-refractivity contribution in [2.75, 3.05) is 31.0 Å². The summed E-state index contributed by atoms with van der Waals surface area (Å²) < 4.78 is 4.99. The van der Waals surface area contributed by atoms with Gasteiger partial charge < -0.3 is 10.5 Å². The van der Waals surface area contributed by atoms with Crippen LogP contribution in [0.15, 0.2) is 24.3 Å². The Labute approximate surface area is 96.2 Å². The lowest BCUT2D eigenvalue weighted by molar-refractivity contribution is 0.218. The highest BCUT2D eigenvalue weighted by Gasteiger charge is 1.94. The van der Waals surface area contributed by atoms with Crippen LogP contribution in [0.2, 0.25) is 0 Å². The standard InChI is InChI=1S/C12H19NOS/c1-14-8-10-15-9-2-3-11-4-6-12(13)7-5-11/h4-7H,2-3,8-10,13H2,1H3. The molecule has 1 aromatic rings. The first-order valence-electron chi connectivity index (χ1n) is 5.24. The van der Waals surface area contributed by atoms with E-state index in [0.29, 0.717) is 0 Å².